The number of likely N-dealkylation sites (N-methyl/N-ethyl adjacent to an activating group) is 1. The van der Waals surface area contributed by atoms with Crippen molar-refractivity contribution in [3.8, 4) is 5.75 Å². The van der Waals surface area contributed by atoms with Crippen molar-refractivity contribution in [2.24, 2.45) is 5.92 Å². The number of carbonyl (C=O) groups is 3. The van der Waals surface area contributed by atoms with E-state index in [1.165, 1.54) is 6.07 Å². The first kappa shape index (κ1) is 36.7. The van der Waals surface area contributed by atoms with Gasteiger partial charge in [0.1, 0.15) is 18.4 Å². The van der Waals surface area contributed by atoms with Crippen LogP contribution in [0.5, 0.6) is 5.75 Å². The van der Waals surface area contributed by atoms with Gasteiger partial charge in [0, 0.05) is 24.6 Å². The molecule has 0 aliphatic carbocycles. The van der Waals surface area contributed by atoms with E-state index in [2.05, 4.69) is 5.32 Å². The lowest BCUT2D eigenvalue weighted by molar-refractivity contribution is -0.276. The Morgan fingerprint density at radius 3 is 2.42 bits per heavy atom. The van der Waals surface area contributed by atoms with Gasteiger partial charge >= 0.3 is 6.09 Å². The molecule has 0 saturated carbocycles. The standard InChI is InChI=1S/C40H43N3O9/c1-25-35(22-42(2)21-34(46)29-10-7-13-32(45)19-29)51-39(52-37(25)28-16-14-26(23-44)15-17-28)30-11-6-12-31(18-30)43-36(47)20-33(38(43)48)41-40(49)50-24-27-8-4-3-5-9-27/h3-19,25,33-35,37,39,44-46H,20-24H2,1-2H3,(H,41,49)/t25-,33?,34-,35+,37+,39+/m1/s1. The molecule has 2 aliphatic rings. The number of amides is 3. The summed E-state index contributed by atoms with van der Waals surface area (Å²) in [6.45, 7) is 2.67. The third kappa shape index (κ3) is 8.67. The molecule has 52 heavy (non-hydrogen) atoms. The van der Waals surface area contributed by atoms with Crippen molar-refractivity contribution in [1.82, 2.24) is 10.2 Å². The van der Waals surface area contributed by atoms with E-state index in [0.29, 0.717) is 23.4 Å². The highest BCUT2D eigenvalue weighted by molar-refractivity contribution is 6.22. The Bertz CT molecular complexity index is 1850. The molecule has 6 atom stereocenters. The summed E-state index contributed by atoms with van der Waals surface area (Å²) in [5.41, 5.74) is 3.93. The van der Waals surface area contributed by atoms with Crippen LogP contribution in [0.15, 0.2) is 103 Å². The molecule has 6 rings (SSSR count). The van der Waals surface area contributed by atoms with Crippen molar-refractivity contribution in [1.29, 1.82) is 0 Å². The average molecular weight is 710 g/mol. The normalized spacial score (nSPS) is 22.4. The summed E-state index contributed by atoms with van der Waals surface area (Å²) >= 11 is 0. The molecule has 272 valence electrons. The number of imide groups is 1. The van der Waals surface area contributed by atoms with E-state index in [1.54, 1.807) is 42.5 Å². The molecule has 1 unspecified atom stereocenters. The van der Waals surface area contributed by atoms with Crippen molar-refractivity contribution in [2.75, 3.05) is 25.0 Å². The number of nitrogens with one attached hydrogen (secondary N) is 1. The largest absolute Gasteiger partial charge is 0.508 e. The Labute approximate surface area is 302 Å². The lowest BCUT2D eigenvalue weighted by Gasteiger charge is -2.42. The fourth-order valence-corrected chi connectivity index (χ4v) is 6.58. The van der Waals surface area contributed by atoms with Crippen molar-refractivity contribution in [3.05, 3.63) is 131 Å². The molecular weight excluding hydrogens is 666 g/mol. The number of hydrogen-bond donors (Lipinski definition) is 4. The number of anilines is 1. The number of carbonyl (C=O) groups excluding carboxylic acids is 3. The third-order valence-corrected chi connectivity index (χ3v) is 9.41. The smallest absolute Gasteiger partial charge is 0.408 e. The maximum Gasteiger partial charge on any atom is 0.408 e. The molecule has 0 spiro atoms. The summed E-state index contributed by atoms with van der Waals surface area (Å²) in [6.07, 6.45) is -3.55. The number of phenolic OH excluding ortho intramolecular Hbond substituents is 1. The summed E-state index contributed by atoms with van der Waals surface area (Å²) in [7, 11) is 1.88. The average Bonchev–Trinajstić information content (AvgIpc) is 3.43. The number of phenols is 1. The van der Waals surface area contributed by atoms with Crippen molar-refractivity contribution in [2.45, 2.75) is 57.2 Å². The maximum absolute atomic E-state index is 13.4. The highest BCUT2D eigenvalue weighted by Crippen LogP contribution is 2.42. The van der Waals surface area contributed by atoms with Gasteiger partial charge in [-0.1, -0.05) is 85.8 Å². The minimum absolute atomic E-state index is 0.0226. The Hall–Kier alpha value is -5.11. The number of ether oxygens (including phenoxy) is 3. The topological polar surface area (TPSA) is 158 Å². The van der Waals surface area contributed by atoms with Crippen LogP contribution in [0.2, 0.25) is 0 Å². The van der Waals surface area contributed by atoms with Gasteiger partial charge < -0.3 is 39.7 Å². The summed E-state index contributed by atoms with van der Waals surface area (Å²) in [5.74, 6) is -1.12. The van der Waals surface area contributed by atoms with Crippen molar-refractivity contribution >= 4 is 23.6 Å². The summed E-state index contributed by atoms with van der Waals surface area (Å²) in [4.78, 5) is 42.1. The Kier molecular flexibility index (Phi) is 11.6. The summed E-state index contributed by atoms with van der Waals surface area (Å²) in [5, 5.41) is 32.9. The molecule has 2 fully saturated rings. The van der Waals surface area contributed by atoms with E-state index >= 15 is 0 Å². The number of aliphatic hydroxyl groups is 2. The van der Waals surface area contributed by atoms with Crippen LogP contribution in [0, 0.1) is 5.92 Å². The van der Waals surface area contributed by atoms with E-state index in [9.17, 15) is 29.7 Å². The second-order valence-electron chi connectivity index (χ2n) is 13.3. The fourth-order valence-electron chi connectivity index (χ4n) is 6.58. The Morgan fingerprint density at radius 2 is 1.69 bits per heavy atom. The predicted molar refractivity (Wildman–Crippen MR) is 191 cm³/mol. The number of benzene rings is 4. The van der Waals surface area contributed by atoms with Crippen LogP contribution in [-0.4, -0.2) is 70.4 Å². The molecule has 3 amide bonds. The molecule has 12 heteroatoms. The maximum atomic E-state index is 13.4. The number of aliphatic hydroxyl groups excluding tert-OH is 2. The van der Waals surface area contributed by atoms with E-state index in [0.717, 1.165) is 21.6 Å². The van der Waals surface area contributed by atoms with E-state index in [1.807, 2.05) is 73.5 Å². The summed E-state index contributed by atoms with van der Waals surface area (Å²) in [6, 6.07) is 28.9. The van der Waals surface area contributed by atoms with Gasteiger partial charge in [-0.25, -0.2) is 9.69 Å². The molecule has 2 heterocycles. The molecule has 2 aliphatic heterocycles. The van der Waals surface area contributed by atoms with Crippen LogP contribution in [0.4, 0.5) is 10.5 Å². The first-order chi connectivity index (χ1) is 25.1. The molecule has 2 saturated heterocycles. The molecule has 0 radical (unpaired) electrons. The van der Waals surface area contributed by atoms with Crippen LogP contribution in [0.3, 0.4) is 0 Å². The van der Waals surface area contributed by atoms with Crippen LogP contribution < -0.4 is 10.2 Å². The molecular formula is C40H43N3O9. The van der Waals surface area contributed by atoms with E-state index in [4.69, 9.17) is 14.2 Å². The van der Waals surface area contributed by atoms with Crippen LogP contribution >= 0.6 is 0 Å². The molecule has 4 aromatic carbocycles. The molecule has 12 nitrogen and oxygen atoms in total. The number of rotatable bonds is 12. The predicted octanol–water partition coefficient (Wildman–Crippen LogP) is 4.90. The lowest BCUT2D eigenvalue weighted by atomic mass is 9.90. The van der Waals surface area contributed by atoms with Gasteiger partial charge in [0.2, 0.25) is 5.91 Å². The lowest BCUT2D eigenvalue weighted by Crippen LogP contribution is -2.44. The second-order valence-corrected chi connectivity index (χ2v) is 13.3. The van der Waals surface area contributed by atoms with Gasteiger partial charge in [-0.05, 0) is 53.6 Å². The minimum atomic E-state index is -1.08. The highest BCUT2D eigenvalue weighted by atomic mass is 16.7. The van der Waals surface area contributed by atoms with Crippen LogP contribution in [-0.2, 0) is 37.0 Å². The molecule has 4 N–H and O–H groups in total. The zero-order chi connectivity index (χ0) is 36.8. The molecule has 0 aromatic heterocycles. The van der Waals surface area contributed by atoms with E-state index in [-0.39, 0.29) is 44.0 Å². The number of nitrogens with zero attached hydrogens (tertiary/aromatic N) is 2. The first-order valence-electron chi connectivity index (χ1n) is 17.2. The van der Waals surface area contributed by atoms with Crippen LogP contribution in [0.1, 0.15) is 59.7 Å². The van der Waals surface area contributed by atoms with Gasteiger partial charge in [0.25, 0.3) is 5.91 Å². The summed E-state index contributed by atoms with van der Waals surface area (Å²) < 4.78 is 18.4. The van der Waals surface area contributed by atoms with Gasteiger partial charge in [-0.3, -0.25) is 9.59 Å². The second kappa shape index (κ2) is 16.5. The monoisotopic (exact) mass is 709 g/mol. The molecule has 4 aromatic rings. The Balaban J connectivity index is 1.18. The zero-order valence-electron chi connectivity index (χ0n) is 29.0. The van der Waals surface area contributed by atoms with Crippen LogP contribution in [0.25, 0.3) is 0 Å². The van der Waals surface area contributed by atoms with Gasteiger partial charge in [-0.15, -0.1) is 0 Å². The first-order valence-corrected chi connectivity index (χ1v) is 17.2. The van der Waals surface area contributed by atoms with E-state index < -0.39 is 42.4 Å². The van der Waals surface area contributed by atoms with Gasteiger partial charge in [0.15, 0.2) is 6.29 Å². The Morgan fingerprint density at radius 1 is 0.942 bits per heavy atom. The number of hydrogen-bond acceptors (Lipinski definition) is 10. The van der Waals surface area contributed by atoms with Crippen molar-refractivity contribution in [3.63, 3.8) is 0 Å². The third-order valence-electron chi connectivity index (χ3n) is 9.41. The van der Waals surface area contributed by atoms with Gasteiger partial charge in [-0.2, -0.15) is 0 Å². The number of alkyl carbamates (subject to hydrolysis) is 1. The SMILES string of the molecule is C[C@@H]1[C@H](CN(C)C[C@@H](O)c2cccc(O)c2)O[C@H](c2cccc(N3C(=O)CC(NC(=O)OCc4ccccc4)C3=O)c2)O[C@@H]1c1ccc(CO)cc1. The van der Waals surface area contributed by atoms with Crippen molar-refractivity contribution < 1.29 is 43.9 Å². The number of aromatic hydroxyl groups is 1. The highest BCUT2D eigenvalue weighted by Gasteiger charge is 2.42. The minimum Gasteiger partial charge on any atom is -0.508 e. The zero-order valence-corrected chi connectivity index (χ0v) is 29.0. The quantitative estimate of drug-likeness (QED) is 0.149. The van der Waals surface area contributed by atoms with Gasteiger partial charge in [0.05, 0.1) is 37.0 Å². The fraction of sp³-hybridized carbons (Fsp3) is 0.325. The molecule has 0 bridgehead atoms.